The molecule has 0 spiro atoms. The van der Waals surface area contributed by atoms with Gasteiger partial charge in [-0.15, -0.1) is 0 Å². The van der Waals surface area contributed by atoms with Crippen LogP contribution in [0.4, 0.5) is 0 Å². The molecule has 17 heavy (non-hydrogen) atoms. The lowest BCUT2D eigenvalue weighted by Gasteiger charge is -2.29. The monoisotopic (exact) mass is 243 g/mol. The number of rotatable bonds is 8. The van der Waals surface area contributed by atoms with E-state index in [0.717, 1.165) is 58.0 Å². The third-order valence-electron chi connectivity index (χ3n) is 3.34. The Bertz CT molecular complexity index is 185. The van der Waals surface area contributed by atoms with Gasteiger partial charge in [0.15, 0.2) is 0 Å². The first-order valence-corrected chi connectivity index (χ1v) is 7.15. The third kappa shape index (κ3) is 7.02. The maximum absolute atomic E-state index is 5.66. The Labute approximate surface area is 106 Å². The fourth-order valence-electron chi connectivity index (χ4n) is 2.11. The molecule has 0 radical (unpaired) electrons. The first-order valence-electron chi connectivity index (χ1n) is 7.15. The van der Waals surface area contributed by atoms with E-state index in [1.807, 2.05) is 0 Å². The quantitative estimate of drug-likeness (QED) is 0.665. The van der Waals surface area contributed by atoms with Crippen molar-refractivity contribution in [1.82, 2.24) is 5.32 Å². The molecule has 1 N–H and O–H groups in total. The second kappa shape index (κ2) is 8.90. The van der Waals surface area contributed by atoms with Crippen LogP contribution in [0.2, 0.25) is 0 Å². The van der Waals surface area contributed by atoms with Gasteiger partial charge >= 0.3 is 0 Å². The molecule has 2 atom stereocenters. The molecule has 1 saturated heterocycles. The predicted molar refractivity (Wildman–Crippen MR) is 71.3 cm³/mol. The van der Waals surface area contributed by atoms with Crippen LogP contribution >= 0.6 is 0 Å². The molecule has 0 bridgehead atoms. The average Bonchev–Trinajstić information content (AvgIpc) is 2.33. The lowest BCUT2D eigenvalue weighted by atomic mass is 10.0. The van der Waals surface area contributed by atoms with E-state index >= 15 is 0 Å². The summed E-state index contributed by atoms with van der Waals surface area (Å²) in [6.45, 7) is 10.3. The van der Waals surface area contributed by atoms with Crippen LogP contribution in [0.3, 0.4) is 0 Å². The van der Waals surface area contributed by atoms with Crippen molar-refractivity contribution in [1.29, 1.82) is 0 Å². The highest BCUT2D eigenvalue weighted by molar-refractivity contribution is 4.75. The van der Waals surface area contributed by atoms with Crippen LogP contribution in [0.1, 0.15) is 46.5 Å². The van der Waals surface area contributed by atoms with Gasteiger partial charge in [0.1, 0.15) is 0 Å². The van der Waals surface area contributed by atoms with E-state index in [9.17, 15) is 0 Å². The number of hydrogen-bond acceptors (Lipinski definition) is 3. The summed E-state index contributed by atoms with van der Waals surface area (Å²) >= 11 is 0. The van der Waals surface area contributed by atoms with Gasteiger partial charge in [0.05, 0.1) is 12.7 Å². The molecular weight excluding hydrogens is 214 g/mol. The van der Waals surface area contributed by atoms with Crippen molar-refractivity contribution in [2.45, 2.75) is 58.6 Å². The summed E-state index contributed by atoms with van der Waals surface area (Å²) in [6.07, 6.45) is 5.05. The first-order chi connectivity index (χ1) is 8.22. The van der Waals surface area contributed by atoms with Gasteiger partial charge in [-0.2, -0.15) is 0 Å². The fourth-order valence-corrected chi connectivity index (χ4v) is 2.11. The zero-order chi connectivity index (χ0) is 12.5. The molecule has 3 nitrogen and oxygen atoms in total. The lowest BCUT2D eigenvalue weighted by molar-refractivity contribution is -0.00142. The van der Waals surface area contributed by atoms with Gasteiger partial charge in [0, 0.05) is 25.8 Å². The zero-order valence-electron chi connectivity index (χ0n) is 11.7. The summed E-state index contributed by atoms with van der Waals surface area (Å²) < 4.78 is 11.3. The SMILES string of the molecule is CCC1CC(NCCOCCC(C)C)CCO1. The largest absolute Gasteiger partial charge is 0.380 e. The Morgan fingerprint density at radius 2 is 2.18 bits per heavy atom. The summed E-state index contributed by atoms with van der Waals surface area (Å²) in [5.74, 6) is 0.740. The normalized spacial score (nSPS) is 25.4. The second-order valence-electron chi connectivity index (χ2n) is 5.37. The highest BCUT2D eigenvalue weighted by Gasteiger charge is 2.20. The summed E-state index contributed by atoms with van der Waals surface area (Å²) in [6, 6.07) is 0.627. The zero-order valence-corrected chi connectivity index (χ0v) is 11.7. The molecule has 0 aromatic carbocycles. The fraction of sp³-hybridized carbons (Fsp3) is 1.00. The van der Waals surface area contributed by atoms with E-state index in [-0.39, 0.29) is 0 Å². The Hall–Kier alpha value is -0.120. The van der Waals surface area contributed by atoms with Crippen LogP contribution in [-0.2, 0) is 9.47 Å². The highest BCUT2D eigenvalue weighted by Crippen LogP contribution is 2.15. The second-order valence-corrected chi connectivity index (χ2v) is 5.37. The van der Waals surface area contributed by atoms with Crippen molar-refractivity contribution in [3.8, 4) is 0 Å². The van der Waals surface area contributed by atoms with E-state index in [2.05, 4.69) is 26.1 Å². The number of nitrogens with one attached hydrogen (secondary N) is 1. The summed E-state index contributed by atoms with van der Waals surface area (Å²) in [7, 11) is 0. The van der Waals surface area contributed by atoms with E-state index in [4.69, 9.17) is 9.47 Å². The van der Waals surface area contributed by atoms with E-state index < -0.39 is 0 Å². The molecular formula is C14H29NO2. The van der Waals surface area contributed by atoms with Crippen molar-refractivity contribution in [3.63, 3.8) is 0 Å². The van der Waals surface area contributed by atoms with Crippen LogP contribution in [0.25, 0.3) is 0 Å². The maximum atomic E-state index is 5.66. The highest BCUT2D eigenvalue weighted by atomic mass is 16.5. The standard InChI is InChI=1S/C14H29NO2/c1-4-14-11-13(6-9-17-14)15-7-10-16-8-5-12(2)3/h12-15H,4-11H2,1-3H3. The van der Waals surface area contributed by atoms with Gasteiger partial charge < -0.3 is 14.8 Å². The molecule has 0 saturated carbocycles. The Balaban J connectivity index is 1.95. The van der Waals surface area contributed by atoms with E-state index in [1.54, 1.807) is 0 Å². The molecule has 0 amide bonds. The van der Waals surface area contributed by atoms with E-state index in [0.29, 0.717) is 12.1 Å². The van der Waals surface area contributed by atoms with Crippen LogP contribution in [0.15, 0.2) is 0 Å². The van der Waals surface area contributed by atoms with Gasteiger partial charge in [-0.05, 0) is 31.6 Å². The van der Waals surface area contributed by atoms with Gasteiger partial charge in [-0.1, -0.05) is 20.8 Å². The summed E-state index contributed by atoms with van der Waals surface area (Å²) in [5.41, 5.74) is 0. The van der Waals surface area contributed by atoms with Gasteiger partial charge in [-0.25, -0.2) is 0 Å². The molecule has 0 aromatic heterocycles. The molecule has 1 rings (SSSR count). The molecule has 102 valence electrons. The minimum Gasteiger partial charge on any atom is -0.380 e. The Kier molecular flexibility index (Phi) is 7.82. The van der Waals surface area contributed by atoms with Crippen molar-refractivity contribution in [2.75, 3.05) is 26.4 Å². The minimum atomic E-state index is 0.461. The van der Waals surface area contributed by atoms with Crippen LogP contribution in [-0.4, -0.2) is 38.5 Å². The minimum absolute atomic E-state index is 0.461. The summed E-state index contributed by atoms with van der Waals surface area (Å²) in [5, 5.41) is 3.57. The van der Waals surface area contributed by atoms with Crippen LogP contribution in [0, 0.1) is 5.92 Å². The molecule has 2 unspecified atom stereocenters. The number of ether oxygens (including phenoxy) is 2. The van der Waals surface area contributed by atoms with Crippen molar-refractivity contribution < 1.29 is 9.47 Å². The Morgan fingerprint density at radius 1 is 1.35 bits per heavy atom. The lowest BCUT2D eigenvalue weighted by Crippen LogP contribution is -2.40. The number of hydrogen-bond donors (Lipinski definition) is 1. The molecule has 1 aliphatic heterocycles. The molecule has 1 aliphatic rings. The van der Waals surface area contributed by atoms with Crippen molar-refractivity contribution >= 4 is 0 Å². The first kappa shape index (κ1) is 14.9. The molecule has 0 aromatic rings. The molecule has 3 heteroatoms. The van der Waals surface area contributed by atoms with Crippen molar-refractivity contribution in [2.24, 2.45) is 5.92 Å². The predicted octanol–water partition coefficient (Wildman–Crippen LogP) is 2.60. The van der Waals surface area contributed by atoms with Crippen LogP contribution in [0.5, 0.6) is 0 Å². The smallest absolute Gasteiger partial charge is 0.0591 e. The molecule has 1 heterocycles. The van der Waals surface area contributed by atoms with Gasteiger partial charge in [0.25, 0.3) is 0 Å². The van der Waals surface area contributed by atoms with Gasteiger partial charge in [-0.3, -0.25) is 0 Å². The topological polar surface area (TPSA) is 30.5 Å². The molecule has 0 aliphatic carbocycles. The van der Waals surface area contributed by atoms with E-state index in [1.165, 1.54) is 0 Å². The third-order valence-corrected chi connectivity index (χ3v) is 3.34. The van der Waals surface area contributed by atoms with Crippen molar-refractivity contribution in [3.05, 3.63) is 0 Å². The maximum Gasteiger partial charge on any atom is 0.0591 e. The Morgan fingerprint density at radius 3 is 2.88 bits per heavy atom. The molecule has 1 fully saturated rings. The average molecular weight is 243 g/mol. The summed E-state index contributed by atoms with van der Waals surface area (Å²) in [4.78, 5) is 0. The van der Waals surface area contributed by atoms with Crippen LogP contribution < -0.4 is 5.32 Å². The van der Waals surface area contributed by atoms with Gasteiger partial charge in [0.2, 0.25) is 0 Å².